The van der Waals surface area contributed by atoms with Gasteiger partial charge < -0.3 is 5.32 Å². The van der Waals surface area contributed by atoms with Crippen LogP contribution in [0.5, 0.6) is 0 Å². The lowest BCUT2D eigenvalue weighted by atomic mass is 10.1. The van der Waals surface area contributed by atoms with E-state index < -0.39 is 0 Å². The van der Waals surface area contributed by atoms with Gasteiger partial charge in [-0.15, -0.1) is 0 Å². The zero-order valence-corrected chi connectivity index (χ0v) is 11.8. The van der Waals surface area contributed by atoms with Crippen molar-refractivity contribution in [1.82, 2.24) is 5.32 Å². The first kappa shape index (κ1) is 14.0. The maximum Gasteiger partial charge on any atom is 0.123 e. The molecular weight excluding hydrogens is 261 g/mol. The second-order valence-electron chi connectivity index (χ2n) is 4.74. The summed E-state index contributed by atoms with van der Waals surface area (Å²) in [7, 11) is 0. The molecule has 0 aliphatic heterocycles. The average Bonchev–Trinajstić information content (AvgIpc) is 2.40. The molecule has 1 N–H and O–H groups in total. The minimum atomic E-state index is -0.204. The average molecular weight is 278 g/mol. The van der Waals surface area contributed by atoms with Crippen LogP contribution in [0.25, 0.3) is 0 Å². The zero-order chi connectivity index (χ0) is 13.8. The Balaban J connectivity index is 2.00. The molecule has 0 spiro atoms. The molecule has 0 unspecified atom stereocenters. The van der Waals surface area contributed by atoms with Crippen molar-refractivity contribution in [1.29, 1.82) is 0 Å². The van der Waals surface area contributed by atoms with Crippen LogP contribution in [0.4, 0.5) is 4.39 Å². The van der Waals surface area contributed by atoms with Gasteiger partial charge in [0.2, 0.25) is 0 Å². The molecule has 0 saturated carbocycles. The van der Waals surface area contributed by atoms with Gasteiger partial charge in [-0.25, -0.2) is 4.39 Å². The minimum absolute atomic E-state index is 0.0933. The molecule has 2 aromatic rings. The van der Waals surface area contributed by atoms with Crippen molar-refractivity contribution in [2.75, 3.05) is 0 Å². The molecular formula is C16H17ClFN. The predicted octanol–water partition coefficient (Wildman–Crippen LogP) is 4.64. The highest BCUT2D eigenvalue weighted by Crippen LogP contribution is 2.18. The minimum Gasteiger partial charge on any atom is -0.306 e. The van der Waals surface area contributed by atoms with Crippen molar-refractivity contribution in [3.63, 3.8) is 0 Å². The van der Waals surface area contributed by atoms with E-state index in [4.69, 9.17) is 11.6 Å². The Morgan fingerprint density at radius 1 is 1.21 bits per heavy atom. The number of rotatable bonds is 4. The Hall–Kier alpha value is -1.38. The Labute approximate surface area is 118 Å². The molecule has 2 aromatic carbocycles. The van der Waals surface area contributed by atoms with Crippen LogP contribution in [-0.2, 0) is 6.54 Å². The van der Waals surface area contributed by atoms with E-state index in [0.29, 0.717) is 6.54 Å². The van der Waals surface area contributed by atoms with Gasteiger partial charge in [0.05, 0.1) is 0 Å². The topological polar surface area (TPSA) is 12.0 Å². The van der Waals surface area contributed by atoms with Gasteiger partial charge in [-0.1, -0.05) is 35.9 Å². The van der Waals surface area contributed by atoms with Crippen molar-refractivity contribution in [3.8, 4) is 0 Å². The van der Waals surface area contributed by atoms with E-state index in [0.717, 1.165) is 21.7 Å². The normalized spacial score (nSPS) is 12.4. The Morgan fingerprint density at radius 3 is 2.68 bits per heavy atom. The van der Waals surface area contributed by atoms with Gasteiger partial charge >= 0.3 is 0 Å². The van der Waals surface area contributed by atoms with Crippen molar-refractivity contribution >= 4 is 11.6 Å². The highest BCUT2D eigenvalue weighted by molar-refractivity contribution is 6.31. The van der Waals surface area contributed by atoms with Crippen molar-refractivity contribution in [3.05, 3.63) is 70.0 Å². The Kier molecular flexibility index (Phi) is 4.56. The van der Waals surface area contributed by atoms with E-state index >= 15 is 0 Å². The van der Waals surface area contributed by atoms with Crippen LogP contribution in [0.15, 0.2) is 42.5 Å². The predicted molar refractivity (Wildman–Crippen MR) is 77.8 cm³/mol. The standard InChI is InChI=1S/C16H17ClFN/c1-11-6-7-13(8-16(11)17)10-19-12(2)14-4-3-5-15(18)9-14/h3-9,12,19H,10H2,1-2H3/t12-/m1/s1. The SMILES string of the molecule is Cc1ccc(CN[C@H](C)c2cccc(F)c2)cc1Cl. The molecule has 0 aliphatic rings. The van der Waals surface area contributed by atoms with Crippen molar-refractivity contribution in [2.24, 2.45) is 0 Å². The van der Waals surface area contributed by atoms with Crippen molar-refractivity contribution < 1.29 is 4.39 Å². The zero-order valence-electron chi connectivity index (χ0n) is 11.1. The van der Waals surface area contributed by atoms with E-state index in [1.807, 2.05) is 38.1 Å². The summed E-state index contributed by atoms with van der Waals surface area (Å²) in [4.78, 5) is 0. The van der Waals surface area contributed by atoms with E-state index in [-0.39, 0.29) is 11.9 Å². The van der Waals surface area contributed by atoms with Gasteiger partial charge in [-0.3, -0.25) is 0 Å². The molecule has 100 valence electrons. The summed E-state index contributed by atoms with van der Waals surface area (Å²) in [5.41, 5.74) is 3.14. The van der Waals surface area contributed by atoms with Gasteiger partial charge in [0.25, 0.3) is 0 Å². The highest BCUT2D eigenvalue weighted by Gasteiger charge is 2.06. The van der Waals surface area contributed by atoms with Crippen LogP contribution in [0.2, 0.25) is 5.02 Å². The summed E-state index contributed by atoms with van der Waals surface area (Å²) in [6.45, 7) is 4.71. The summed E-state index contributed by atoms with van der Waals surface area (Å²) in [5.74, 6) is -0.204. The molecule has 0 radical (unpaired) electrons. The van der Waals surface area contributed by atoms with Gasteiger partial charge in [0.1, 0.15) is 5.82 Å². The number of halogens is 2. The summed E-state index contributed by atoms with van der Waals surface area (Å²) in [6.07, 6.45) is 0. The lowest BCUT2D eigenvalue weighted by Crippen LogP contribution is -2.18. The van der Waals surface area contributed by atoms with Crippen molar-refractivity contribution in [2.45, 2.75) is 26.4 Å². The van der Waals surface area contributed by atoms with Crippen LogP contribution in [-0.4, -0.2) is 0 Å². The first-order chi connectivity index (χ1) is 9.06. The first-order valence-corrected chi connectivity index (χ1v) is 6.68. The monoisotopic (exact) mass is 277 g/mol. The molecule has 0 aromatic heterocycles. The Bertz CT molecular complexity index is 568. The van der Waals surface area contributed by atoms with E-state index in [1.165, 1.54) is 6.07 Å². The highest BCUT2D eigenvalue weighted by atomic mass is 35.5. The third kappa shape index (κ3) is 3.79. The van der Waals surface area contributed by atoms with Gasteiger partial charge in [0, 0.05) is 17.6 Å². The van der Waals surface area contributed by atoms with Crippen LogP contribution in [0.1, 0.15) is 29.7 Å². The second kappa shape index (κ2) is 6.18. The fourth-order valence-corrected chi connectivity index (χ4v) is 2.11. The molecule has 2 rings (SSSR count). The van der Waals surface area contributed by atoms with Crippen LogP contribution >= 0.6 is 11.6 Å². The molecule has 1 nitrogen and oxygen atoms in total. The van der Waals surface area contributed by atoms with Gasteiger partial charge in [-0.2, -0.15) is 0 Å². The fraction of sp³-hybridized carbons (Fsp3) is 0.250. The molecule has 0 bridgehead atoms. The van der Waals surface area contributed by atoms with Crippen LogP contribution in [0.3, 0.4) is 0 Å². The molecule has 3 heteroatoms. The maximum atomic E-state index is 13.1. The lowest BCUT2D eigenvalue weighted by Gasteiger charge is -2.14. The summed E-state index contributed by atoms with van der Waals surface area (Å²) in [6, 6.07) is 12.8. The van der Waals surface area contributed by atoms with E-state index in [1.54, 1.807) is 12.1 Å². The summed E-state index contributed by atoms with van der Waals surface area (Å²) >= 11 is 6.09. The number of nitrogens with one attached hydrogen (secondary N) is 1. The molecule has 19 heavy (non-hydrogen) atoms. The number of benzene rings is 2. The smallest absolute Gasteiger partial charge is 0.123 e. The van der Waals surface area contributed by atoms with Crippen LogP contribution < -0.4 is 5.32 Å². The van der Waals surface area contributed by atoms with E-state index in [9.17, 15) is 4.39 Å². The number of hydrogen-bond acceptors (Lipinski definition) is 1. The fourth-order valence-electron chi connectivity index (χ4n) is 1.91. The van der Waals surface area contributed by atoms with Gasteiger partial charge in [-0.05, 0) is 48.7 Å². The lowest BCUT2D eigenvalue weighted by molar-refractivity contribution is 0.565. The second-order valence-corrected chi connectivity index (χ2v) is 5.15. The van der Waals surface area contributed by atoms with Crippen LogP contribution in [0, 0.1) is 12.7 Å². The quantitative estimate of drug-likeness (QED) is 0.858. The third-order valence-electron chi connectivity index (χ3n) is 3.20. The largest absolute Gasteiger partial charge is 0.306 e. The van der Waals surface area contributed by atoms with E-state index in [2.05, 4.69) is 5.32 Å². The first-order valence-electron chi connectivity index (χ1n) is 6.30. The molecule has 0 fully saturated rings. The Morgan fingerprint density at radius 2 is 2.00 bits per heavy atom. The number of aryl methyl sites for hydroxylation is 1. The van der Waals surface area contributed by atoms with Gasteiger partial charge in [0.15, 0.2) is 0 Å². The number of hydrogen-bond donors (Lipinski definition) is 1. The summed E-state index contributed by atoms with van der Waals surface area (Å²) in [5, 5.41) is 4.14. The molecule has 0 heterocycles. The third-order valence-corrected chi connectivity index (χ3v) is 3.60. The molecule has 0 amide bonds. The molecule has 0 saturated heterocycles. The molecule has 1 atom stereocenters. The maximum absolute atomic E-state index is 13.1. The summed E-state index contributed by atoms with van der Waals surface area (Å²) < 4.78 is 13.1. The molecule has 0 aliphatic carbocycles.